The van der Waals surface area contributed by atoms with Crippen LogP contribution >= 0.6 is 0 Å². The minimum Gasteiger partial charge on any atom is -0.399 e. The van der Waals surface area contributed by atoms with Gasteiger partial charge in [0.2, 0.25) is 0 Å². The molecule has 2 heterocycles. The zero-order valence-electron chi connectivity index (χ0n) is 16.3. The van der Waals surface area contributed by atoms with E-state index in [9.17, 15) is 4.21 Å². The number of ether oxygens (including phenoxy) is 1. The van der Waals surface area contributed by atoms with E-state index in [-0.39, 0.29) is 6.04 Å². The number of rotatable bonds is 5. The molecule has 1 aromatic heterocycles. The fourth-order valence-corrected chi connectivity index (χ4v) is 4.37. The first-order chi connectivity index (χ1) is 14.1. The first-order valence-corrected chi connectivity index (χ1v) is 10.9. The van der Waals surface area contributed by atoms with Gasteiger partial charge >= 0.3 is 0 Å². The Kier molecular flexibility index (Phi) is 5.87. The molecular weight excluding hydrogens is 384 g/mol. The predicted octanol–water partition coefficient (Wildman–Crippen LogP) is 3.26. The molecule has 0 spiro atoms. The number of hydrogen-bond donors (Lipinski definition) is 1. The smallest absolute Gasteiger partial charge is 0.161 e. The molecule has 1 aliphatic rings. The minimum atomic E-state index is -1.18. The maximum absolute atomic E-state index is 12.9. The second-order valence-corrected chi connectivity index (χ2v) is 8.53. The van der Waals surface area contributed by atoms with Gasteiger partial charge in [-0.2, -0.15) is 0 Å². The number of nitrogen functional groups attached to an aromatic ring is 1. The highest BCUT2D eigenvalue weighted by Gasteiger charge is 2.22. The molecule has 0 aliphatic carbocycles. The van der Waals surface area contributed by atoms with E-state index in [0.717, 1.165) is 28.5 Å². The van der Waals surface area contributed by atoms with Crippen molar-refractivity contribution < 1.29 is 8.95 Å². The van der Waals surface area contributed by atoms with Crippen molar-refractivity contribution in [2.45, 2.75) is 23.6 Å². The summed E-state index contributed by atoms with van der Waals surface area (Å²) in [5.74, 6) is 1.78. The topological polar surface area (TPSA) is 81.3 Å². The molecule has 0 amide bonds. The first-order valence-electron chi connectivity index (χ1n) is 9.62. The lowest BCUT2D eigenvalue weighted by atomic mass is 10.2. The lowest BCUT2D eigenvalue weighted by molar-refractivity contribution is 0.0985. The third-order valence-corrected chi connectivity index (χ3v) is 6.24. The minimum absolute atomic E-state index is 0.213. The Balaban J connectivity index is 1.71. The molecular formula is C22H24N4O2S. The van der Waals surface area contributed by atoms with E-state index in [1.807, 2.05) is 60.7 Å². The molecule has 29 heavy (non-hydrogen) atoms. The molecule has 7 heteroatoms. The monoisotopic (exact) mass is 408 g/mol. The molecule has 2 atom stereocenters. The first kappa shape index (κ1) is 19.5. The van der Waals surface area contributed by atoms with Gasteiger partial charge in [0, 0.05) is 28.8 Å². The Morgan fingerprint density at radius 1 is 1.14 bits per heavy atom. The quantitative estimate of drug-likeness (QED) is 0.653. The molecule has 6 nitrogen and oxygen atoms in total. The summed E-state index contributed by atoms with van der Waals surface area (Å²) in [6.45, 7) is 4.20. The molecule has 1 aliphatic heterocycles. The molecule has 2 N–H and O–H groups in total. The predicted molar refractivity (Wildman–Crippen MR) is 116 cm³/mol. The Morgan fingerprint density at radius 2 is 1.90 bits per heavy atom. The van der Waals surface area contributed by atoms with Gasteiger partial charge in [-0.25, -0.2) is 9.97 Å². The van der Waals surface area contributed by atoms with E-state index < -0.39 is 10.8 Å². The average Bonchev–Trinajstić information content (AvgIpc) is 2.75. The zero-order chi connectivity index (χ0) is 20.2. The van der Waals surface area contributed by atoms with Gasteiger partial charge in [-0.05, 0) is 43.3 Å². The van der Waals surface area contributed by atoms with Gasteiger partial charge in [0.05, 0.1) is 41.5 Å². The molecule has 1 unspecified atom stereocenters. The fourth-order valence-electron chi connectivity index (χ4n) is 3.32. The third-order valence-electron chi connectivity index (χ3n) is 4.88. The summed E-state index contributed by atoms with van der Waals surface area (Å²) in [7, 11) is -1.18. The normalized spacial score (nSPS) is 17.8. The molecule has 150 valence electrons. The van der Waals surface area contributed by atoms with Crippen molar-refractivity contribution in [3.63, 3.8) is 0 Å². The summed E-state index contributed by atoms with van der Waals surface area (Å²) in [6, 6.07) is 19.1. The van der Waals surface area contributed by atoms with Gasteiger partial charge < -0.3 is 15.4 Å². The van der Waals surface area contributed by atoms with Crippen molar-refractivity contribution in [1.82, 2.24) is 9.97 Å². The van der Waals surface area contributed by atoms with E-state index in [2.05, 4.69) is 11.8 Å². The van der Waals surface area contributed by atoms with Gasteiger partial charge in [0.1, 0.15) is 5.82 Å². The highest BCUT2D eigenvalue weighted by atomic mass is 32.2. The summed E-state index contributed by atoms with van der Waals surface area (Å²) in [5.41, 5.74) is 8.15. The van der Waals surface area contributed by atoms with Gasteiger partial charge in [-0.3, -0.25) is 4.21 Å². The second kappa shape index (κ2) is 8.71. The lowest BCUT2D eigenvalue weighted by Gasteiger charge is -2.34. The molecule has 4 rings (SSSR count). The summed E-state index contributed by atoms with van der Waals surface area (Å²) in [6.07, 6.45) is 0. The molecule has 1 fully saturated rings. The van der Waals surface area contributed by atoms with Crippen LogP contribution < -0.4 is 10.6 Å². The van der Waals surface area contributed by atoms with Crippen molar-refractivity contribution in [2.75, 3.05) is 30.4 Å². The van der Waals surface area contributed by atoms with Crippen LogP contribution in [0.2, 0.25) is 0 Å². The maximum Gasteiger partial charge on any atom is 0.161 e. The highest BCUT2D eigenvalue weighted by Crippen LogP contribution is 2.25. The van der Waals surface area contributed by atoms with E-state index in [0.29, 0.717) is 30.5 Å². The third kappa shape index (κ3) is 4.63. The van der Waals surface area contributed by atoms with E-state index in [1.54, 1.807) is 0 Å². The van der Waals surface area contributed by atoms with E-state index >= 15 is 0 Å². The molecule has 3 aromatic rings. The molecule has 1 saturated heterocycles. The average molecular weight is 409 g/mol. The highest BCUT2D eigenvalue weighted by molar-refractivity contribution is 7.84. The van der Waals surface area contributed by atoms with Crippen molar-refractivity contribution in [3.8, 4) is 11.4 Å². The Bertz CT molecular complexity index is 995. The number of hydrogen-bond acceptors (Lipinski definition) is 6. The number of anilines is 2. The zero-order valence-corrected chi connectivity index (χ0v) is 17.1. The van der Waals surface area contributed by atoms with Crippen LogP contribution in [0.4, 0.5) is 11.5 Å². The van der Waals surface area contributed by atoms with Gasteiger partial charge in [-0.1, -0.05) is 18.2 Å². The number of nitrogens with two attached hydrogens (primary N) is 1. The fraction of sp³-hybridized carbons (Fsp3) is 0.273. The van der Waals surface area contributed by atoms with Crippen LogP contribution in [-0.2, 0) is 21.3 Å². The van der Waals surface area contributed by atoms with Crippen LogP contribution in [0.25, 0.3) is 11.4 Å². The summed E-state index contributed by atoms with van der Waals surface area (Å²) in [4.78, 5) is 12.5. The summed E-state index contributed by atoms with van der Waals surface area (Å²) in [5, 5.41) is 0. The largest absolute Gasteiger partial charge is 0.399 e. The van der Waals surface area contributed by atoms with Gasteiger partial charge in [0.25, 0.3) is 0 Å². The van der Waals surface area contributed by atoms with Crippen molar-refractivity contribution in [3.05, 3.63) is 66.4 Å². The summed E-state index contributed by atoms with van der Waals surface area (Å²) < 4.78 is 18.4. The van der Waals surface area contributed by atoms with Crippen LogP contribution in [0.1, 0.15) is 12.6 Å². The molecule has 0 saturated carbocycles. The SMILES string of the molecule is C[C@H]1COCCN1c1cc(CS(=O)c2ccccc2)nc(-c2ccc(N)cc2)n1. The van der Waals surface area contributed by atoms with Gasteiger partial charge in [0.15, 0.2) is 5.82 Å². The number of nitrogens with zero attached hydrogens (tertiary/aromatic N) is 3. The van der Waals surface area contributed by atoms with E-state index in [4.69, 9.17) is 20.4 Å². The molecule has 0 radical (unpaired) electrons. The maximum atomic E-state index is 12.9. The van der Waals surface area contributed by atoms with Crippen molar-refractivity contribution in [2.24, 2.45) is 0 Å². The van der Waals surface area contributed by atoms with Crippen LogP contribution in [0.5, 0.6) is 0 Å². The van der Waals surface area contributed by atoms with Crippen LogP contribution in [-0.4, -0.2) is 40.0 Å². The van der Waals surface area contributed by atoms with Crippen LogP contribution in [0.15, 0.2) is 65.6 Å². The Labute approximate surface area is 173 Å². The number of aromatic nitrogens is 2. The lowest BCUT2D eigenvalue weighted by Crippen LogP contribution is -2.44. The Morgan fingerprint density at radius 3 is 2.62 bits per heavy atom. The van der Waals surface area contributed by atoms with Crippen molar-refractivity contribution >= 4 is 22.3 Å². The van der Waals surface area contributed by atoms with Gasteiger partial charge in [-0.15, -0.1) is 0 Å². The summed E-state index contributed by atoms with van der Waals surface area (Å²) >= 11 is 0. The second-order valence-electron chi connectivity index (χ2n) is 7.08. The molecule has 0 bridgehead atoms. The number of morpholine rings is 1. The van der Waals surface area contributed by atoms with E-state index in [1.165, 1.54) is 0 Å². The molecule has 2 aromatic carbocycles. The van der Waals surface area contributed by atoms with Crippen molar-refractivity contribution in [1.29, 1.82) is 0 Å². The van der Waals surface area contributed by atoms with Crippen LogP contribution in [0.3, 0.4) is 0 Å². The standard InChI is InChI=1S/C22H24N4O2S/c1-16-14-28-12-11-26(16)21-13-19(15-29(27)20-5-3-2-4-6-20)24-22(25-21)17-7-9-18(23)10-8-17/h2-10,13,16H,11-12,14-15,23H2,1H3/t16-,29?/m0/s1. The van der Waals surface area contributed by atoms with Crippen LogP contribution in [0, 0.1) is 0 Å². The Hall–Kier alpha value is -2.77. The number of benzene rings is 2.